The molecule has 0 saturated heterocycles. The standard InChI is InChI=1S/C18H17N5O/c1-11-17(21-16-8-12(24-2)4-7-22(11)16)14-9-13(14)15-10-20-23-6-3-5-19-18(15)23/h3-8,10,13-14H,9H2,1-2H3. The van der Waals surface area contributed by atoms with E-state index >= 15 is 0 Å². The second kappa shape index (κ2) is 4.80. The fraction of sp³-hybridized carbons (Fsp3) is 0.278. The first-order valence-corrected chi connectivity index (χ1v) is 8.07. The van der Waals surface area contributed by atoms with Crippen molar-refractivity contribution in [3.63, 3.8) is 0 Å². The van der Waals surface area contributed by atoms with E-state index in [4.69, 9.17) is 9.72 Å². The number of rotatable bonds is 3. The summed E-state index contributed by atoms with van der Waals surface area (Å²) in [6.45, 7) is 2.13. The van der Waals surface area contributed by atoms with E-state index in [1.807, 2.05) is 47.5 Å². The monoisotopic (exact) mass is 319 g/mol. The van der Waals surface area contributed by atoms with Crippen molar-refractivity contribution >= 4 is 11.3 Å². The fourth-order valence-corrected chi connectivity index (χ4v) is 3.59. The highest BCUT2D eigenvalue weighted by molar-refractivity contribution is 5.54. The van der Waals surface area contributed by atoms with Crippen LogP contribution in [0, 0.1) is 6.92 Å². The summed E-state index contributed by atoms with van der Waals surface area (Å²) in [5.74, 6) is 1.71. The van der Waals surface area contributed by atoms with Gasteiger partial charge in [-0.1, -0.05) is 0 Å². The Labute approximate surface area is 138 Å². The molecule has 4 heterocycles. The van der Waals surface area contributed by atoms with Crippen LogP contribution >= 0.6 is 0 Å². The molecule has 120 valence electrons. The lowest BCUT2D eigenvalue weighted by Crippen LogP contribution is -1.91. The lowest BCUT2D eigenvalue weighted by atomic mass is 10.1. The van der Waals surface area contributed by atoms with Crippen molar-refractivity contribution < 1.29 is 4.74 Å². The predicted molar refractivity (Wildman–Crippen MR) is 89.6 cm³/mol. The highest BCUT2D eigenvalue weighted by atomic mass is 16.5. The first-order chi connectivity index (χ1) is 11.8. The van der Waals surface area contributed by atoms with Gasteiger partial charge in [0.15, 0.2) is 5.65 Å². The van der Waals surface area contributed by atoms with E-state index < -0.39 is 0 Å². The number of fused-ring (bicyclic) bond motifs is 2. The summed E-state index contributed by atoms with van der Waals surface area (Å²) in [6, 6.07) is 5.84. The van der Waals surface area contributed by atoms with E-state index in [9.17, 15) is 0 Å². The third-order valence-electron chi connectivity index (χ3n) is 4.96. The number of imidazole rings is 1. The molecular formula is C18H17N5O. The molecule has 4 aromatic heterocycles. The molecule has 2 atom stereocenters. The molecule has 0 N–H and O–H groups in total. The number of aromatic nitrogens is 5. The van der Waals surface area contributed by atoms with Crippen molar-refractivity contribution in [2.45, 2.75) is 25.2 Å². The Bertz CT molecular complexity index is 1060. The minimum atomic E-state index is 0.436. The molecule has 0 bridgehead atoms. The summed E-state index contributed by atoms with van der Waals surface area (Å²) in [6.07, 6.45) is 8.82. The summed E-state index contributed by atoms with van der Waals surface area (Å²) >= 11 is 0. The molecule has 6 nitrogen and oxygen atoms in total. The highest BCUT2D eigenvalue weighted by Crippen LogP contribution is 2.55. The summed E-state index contributed by atoms with van der Waals surface area (Å²) in [7, 11) is 1.68. The fourth-order valence-electron chi connectivity index (χ4n) is 3.59. The number of aryl methyl sites for hydroxylation is 1. The largest absolute Gasteiger partial charge is 0.497 e. The average Bonchev–Trinajstić information content (AvgIpc) is 3.17. The smallest absolute Gasteiger partial charge is 0.158 e. The second-order valence-electron chi connectivity index (χ2n) is 6.31. The lowest BCUT2D eigenvalue weighted by Gasteiger charge is -2.00. The van der Waals surface area contributed by atoms with Crippen LogP contribution in [-0.2, 0) is 0 Å². The van der Waals surface area contributed by atoms with Crippen molar-refractivity contribution in [1.29, 1.82) is 0 Å². The Morgan fingerprint density at radius 1 is 1.25 bits per heavy atom. The third-order valence-corrected chi connectivity index (χ3v) is 4.96. The Kier molecular flexibility index (Phi) is 2.71. The van der Waals surface area contributed by atoms with Crippen LogP contribution in [0.3, 0.4) is 0 Å². The van der Waals surface area contributed by atoms with Crippen LogP contribution in [0.4, 0.5) is 0 Å². The van der Waals surface area contributed by atoms with E-state index in [-0.39, 0.29) is 0 Å². The number of nitrogens with zero attached hydrogens (tertiary/aromatic N) is 5. The zero-order chi connectivity index (χ0) is 16.3. The first-order valence-electron chi connectivity index (χ1n) is 8.07. The molecule has 2 unspecified atom stereocenters. The second-order valence-corrected chi connectivity index (χ2v) is 6.31. The molecule has 1 saturated carbocycles. The molecule has 0 amide bonds. The van der Waals surface area contributed by atoms with Gasteiger partial charge in [-0.25, -0.2) is 14.5 Å². The van der Waals surface area contributed by atoms with Gasteiger partial charge in [0.2, 0.25) is 0 Å². The minimum absolute atomic E-state index is 0.436. The van der Waals surface area contributed by atoms with Gasteiger partial charge in [-0.3, -0.25) is 0 Å². The average molecular weight is 319 g/mol. The Morgan fingerprint density at radius 3 is 3.04 bits per heavy atom. The summed E-state index contributed by atoms with van der Waals surface area (Å²) < 4.78 is 9.27. The maximum absolute atomic E-state index is 5.30. The maximum Gasteiger partial charge on any atom is 0.158 e. The summed E-state index contributed by atoms with van der Waals surface area (Å²) in [4.78, 5) is 9.34. The van der Waals surface area contributed by atoms with Crippen molar-refractivity contribution in [3.8, 4) is 5.75 Å². The summed E-state index contributed by atoms with van der Waals surface area (Å²) in [5.41, 5.74) is 5.47. The van der Waals surface area contributed by atoms with Crippen molar-refractivity contribution in [3.05, 3.63) is 59.9 Å². The zero-order valence-corrected chi connectivity index (χ0v) is 13.5. The normalized spacial score (nSPS) is 19.9. The summed E-state index contributed by atoms with van der Waals surface area (Å²) in [5, 5.41) is 4.41. The molecule has 0 spiro atoms. The molecule has 5 rings (SSSR count). The van der Waals surface area contributed by atoms with Crippen molar-refractivity contribution in [1.82, 2.24) is 24.0 Å². The molecule has 4 aromatic rings. The van der Waals surface area contributed by atoms with Crippen LogP contribution in [0.25, 0.3) is 11.3 Å². The van der Waals surface area contributed by atoms with Crippen LogP contribution < -0.4 is 4.74 Å². The zero-order valence-electron chi connectivity index (χ0n) is 13.5. The van der Waals surface area contributed by atoms with Gasteiger partial charge in [-0.15, -0.1) is 0 Å². The number of pyridine rings is 1. The number of ether oxygens (including phenoxy) is 1. The Hall–Kier alpha value is -2.89. The molecule has 1 fully saturated rings. The SMILES string of the molecule is COc1ccn2c(C)c(C3CC3c3cnn4cccnc34)nc2c1. The van der Waals surface area contributed by atoms with Crippen molar-refractivity contribution in [2.24, 2.45) is 0 Å². The molecule has 1 aliphatic carbocycles. The topological polar surface area (TPSA) is 56.7 Å². The van der Waals surface area contributed by atoms with Gasteiger partial charge in [0.1, 0.15) is 11.4 Å². The predicted octanol–water partition coefficient (Wildman–Crippen LogP) is 2.97. The van der Waals surface area contributed by atoms with E-state index in [2.05, 4.69) is 21.4 Å². The van der Waals surface area contributed by atoms with Crippen LogP contribution in [0.15, 0.2) is 43.0 Å². The van der Waals surface area contributed by atoms with E-state index in [0.29, 0.717) is 11.8 Å². The van der Waals surface area contributed by atoms with E-state index in [1.54, 1.807) is 7.11 Å². The van der Waals surface area contributed by atoms with E-state index in [1.165, 1.54) is 17.0 Å². The van der Waals surface area contributed by atoms with Gasteiger partial charge in [-0.2, -0.15) is 5.10 Å². The van der Waals surface area contributed by atoms with Gasteiger partial charge in [0.05, 0.1) is 19.0 Å². The van der Waals surface area contributed by atoms with Crippen LogP contribution in [0.1, 0.15) is 35.2 Å². The molecule has 0 aromatic carbocycles. The lowest BCUT2D eigenvalue weighted by molar-refractivity contribution is 0.414. The number of methoxy groups -OCH3 is 1. The molecule has 6 heteroatoms. The molecular weight excluding hydrogens is 302 g/mol. The Balaban J connectivity index is 1.54. The molecule has 0 radical (unpaired) electrons. The Morgan fingerprint density at radius 2 is 2.17 bits per heavy atom. The quantitative estimate of drug-likeness (QED) is 0.582. The number of hydrogen-bond donors (Lipinski definition) is 0. The highest BCUT2D eigenvalue weighted by Gasteiger charge is 2.44. The van der Waals surface area contributed by atoms with Crippen LogP contribution in [-0.4, -0.2) is 31.1 Å². The van der Waals surface area contributed by atoms with Gasteiger partial charge >= 0.3 is 0 Å². The van der Waals surface area contributed by atoms with Gasteiger partial charge in [-0.05, 0) is 31.4 Å². The number of hydrogen-bond acceptors (Lipinski definition) is 4. The first kappa shape index (κ1) is 13.5. The minimum Gasteiger partial charge on any atom is -0.497 e. The van der Waals surface area contributed by atoms with E-state index in [0.717, 1.165) is 23.5 Å². The van der Waals surface area contributed by atoms with Crippen molar-refractivity contribution in [2.75, 3.05) is 7.11 Å². The molecule has 24 heavy (non-hydrogen) atoms. The maximum atomic E-state index is 5.30. The van der Waals surface area contributed by atoms with Gasteiger partial charge < -0.3 is 9.14 Å². The van der Waals surface area contributed by atoms with Gasteiger partial charge in [0.25, 0.3) is 0 Å². The van der Waals surface area contributed by atoms with Gasteiger partial charge in [0, 0.05) is 41.8 Å². The third kappa shape index (κ3) is 1.86. The van der Waals surface area contributed by atoms with Crippen LogP contribution in [0.2, 0.25) is 0 Å². The molecule has 1 aliphatic rings. The van der Waals surface area contributed by atoms with Crippen LogP contribution in [0.5, 0.6) is 5.75 Å². The molecule has 0 aliphatic heterocycles.